The number of nitrogens with one attached hydrogen (secondary N) is 1. The molecule has 2 fully saturated rings. The fourth-order valence-corrected chi connectivity index (χ4v) is 7.94. The molecule has 3 heterocycles. The molecule has 1 saturated heterocycles. The summed E-state index contributed by atoms with van der Waals surface area (Å²) in [5.41, 5.74) is 6.07. The molecule has 5 aliphatic rings. The number of hydrogen-bond acceptors (Lipinski definition) is 4. The molecule has 2 aliphatic heterocycles. The molecule has 170 valence electrons. The van der Waals surface area contributed by atoms with Crippen molar-refractivity contribution < 1.29 is 14.6 Å². The van der Waals surface area contributed by atoms with Gasteiger partial charge in [0.1, 0.15) is 0 Å². The summed E-state index contributed by atoms with van der Waals surface area (Å²) in [7, 11) is 1.72. The SMILES string of the molecule is COc1ccc2c3c1O[C@H]1c4[nH]c5c(C)cccc5c4C[C@@]4(O)[C@H](C2)N(CC2CC2)CC[C@]314. The predicted molar refractivity (Wildman–Crippen MR) is 126 cm³/mol. The smallest absolute Gasteiger partial charge is 0.166 e. The summed E-state index contributed by atoms with van der Waals surface area (Å²) in [4.78, 5) is 6.39. The summed E-state index contributed by atoms with van der Waals surface area (Å²) in [6.07, 6.45) is 4.93. The Morgan fingerprint density at radius 1 is 1.24 bits per heavy atom. The second kappa shape index (κ2) is 5.94. The minimum atomic E-state index is -0.860. The standard InChI is InChI=1S/C28H30N2O3/c1-15-4-3-5-18-19-13-28(31)21-12-17-8-9-20(32-2)25-22(17)27(28,10-11-30(21)14-16-6-7-16)26(33-25)24(19)29-23(15)18/h3-5,8-9,16,21,26,29,31H,6-7,10-14H2,1-2H3/t21-,26-,27-,28+/m0/s1. The normalized spacial score (nSPS) is 33.5. The number of likely N-dealkylation sites (tertiary alicyclic amines) is 1. The van der Waals surface area contributed by atoms with E-state index in [0.29, 0.717) is 6.42 Å². The maximum atomic E-state index is 12.9. The Hall–Kier alpha value is -2.50. The molecule has 33 heavy (non-hydrogen) atoms. The van der Waals surface area contributed by atoms with Gasteiger partial charge in [-0.3, -0.25) is 4.90 Å². The fourth-order valence-electron chi connectivity index (χ4n) is 7.94. The minimum absolute atomic E-state index is 0.118. The molecule has 0 radical (unpaired) electrons. The first-order valence-corrected chi connectivity index (χ1v) is 12.5. The van der Waals surface area contributed by atoms with Gasteiger partial charge in [0.2, 0.25) is 0 Å². The molecule has 0 amide bonds. The number of rotatable bonds is 3. The molecule has 3 aliphatic carbocycles. The van der Waals surface area contributed by atoms with Crippen molar-refractivity contribution in [3.05, 3.63) is 58.3 Å². The highest BCUT2D eigenvalue weighted by atomic mass is 16.5. The monoisotopic (exact) mass is 442 g/mol. The van der Waals surface area contributed by atoms with Gasteiger partial charge in [-0.15, -0.1) is 0 Å². The maximum absolute atomic E-state index is 12.9. The maximum Gasteiger partial charge on any atom is 0.166 e. The van der Waals surface area contributed by atoms with Gasteiger partial charge < -0.3 is 19.6 Å². The van der Waals surface area contributed by atoms with Crippen LogP contribution in [0.25, 0.3) is 10.9 Å². The molecular formula is C28H30N2O3. The average molecular weight is 443 g/mol. The summed E-state index contributed by atoms with van der Waals surface area (Å²) in [6, 6.07) is 10.9. The predicted octanol–water partition coefficient (Wildman–Crippen LogP) is 4.18. The van der Waals surface area contributed by atoms with Crippen molar-refractivity contribution in [3.63, 3.8) is 0 Å². The van der Waals surface area contributed by atoms with Gasteiger partial charge in [-0.25, -0.2) is 0 Å². The van der Waals surface area contributed by atoms with E-state index in [4.69, 9.17) is 9.47 Å². The third-order valence-corrected chi connectivity index (χ3v) is 9.61. The van der Waals surface area contributed by atoms with Gasteiger partial charge in [0.25, 0.3) is 0 Å². The second-order valence-electron chi connectivity index (χ2n) is 11.1. The highest BCUT2D eigenvalue weighted by Crippen LogP contribution is 2.69. The van der Waals surface area contributed by atoms with E-state index in [1.54, 1.807) is 7.11 Å². The molecule has 4 atom stereocenters. The summed E-state index contributed by atoms with van der Waals surface area (Å²) >= 11 is 0. The van der Waals surface area contributed by atoms with Crippen LogP contribution in [0.2, 0.25) is 0 Å². The zero-order valence-corrected chi connectivity index (χ0v) is 19.3. The molecule has 1 aromatic heterocycles. The molecule has 0 unspecified atom stereocenters. The number of aryl methyl sites for hydroxylation is 1. The molecule has 1 spiro atoms. The van der Waals surface area contributed by atoms with Crippen LogP contribution in [-0.2, 0) is 18.3 Å². The van der Waals surface area contributed by atoms with Crippen molar-refractivity contribution in [1.29, 1.82) is 0 Å². The molecule has 2 aromatic carbocycles. The lowest BCUT2D eigenvalue weighted by Crippen LogP contribution is -2.74. The van der Waals surface area contributed by atoms with Gasteiger partial charge in [0.05, 0.1) is 23.8 Å². The molecule has 2 bridgehead atoms. The van der Waals surface area contributed by atoms with Crippen LogP contribution in [-0.4, -0.2) is 46.8 Å². The number of benzene rings is 2. The Kier molecular flexibility index (Phi) is 3.40. The number of aliphatic hydroxyl groups is 1. The van der Waals surface area contributed by atoms with Crippen LogP contribution in [0.3, 0.4) is 0 Å². The largest absolute Gasteiger partial charge is 0.493 e. The van der Waals surface area contributed by atoms with Gasteiger partial charge in [0, 0.05) is 35.5 Å². The summed E-state index contributed by atoms with van der Waals surface area (Å²) in [5.74, 6) is 2.45. The summed E-state index contributed by atoms with van der Waals surface area (Å²) < 4.78 is 12.6. The van der Waals surface area contributed by atoms with Gasteiger partial charge in [-0.05, 0) is 67.8 Å². The van der Waals surface area contributed by atoms with E-state index in [-0.39, 0.29) is 12.1 Å². The van der Waals surface area contributed by atoms with Gasteiger partial charge in [0.15, 0.2) is 17.6 Å². The number of para-hydroxylation sites is 1. The summed E-state index contributed by atoms with van der Waals surface area (Å²) in [6.45, 7) is 4.30. The minimum Gasteiger partial charge on any atom is -0.493 e. The van der Waals surface area contributed by atoms with E-state index in [1.807, 2.05) is 0 Å². The quantitative estimate of drug-likeness (QED) is 0.639. The molecule has 3 aromatic rings. The third-order valence-electron chi connectivity index (χ3n) is 9.61. The molecule has 8 rings (SSSR count). The first kappa shape index (κ1) is 18.9. The van der Waals surface area contributed by atoms with E-state index in [9.17, 15) is 5.11 Å². The number of H-pyrrole nitrogens is 1. The molecule has 1 saturated carbocycles. The molecule has 2 N–H and O–H groups in total. The molecule has 5 heteroatoms. The van der Waals surface area contributed by atoms with Crippen LogP contribution in [0.5, 0.6) is 11.5 Å². The van der Waals surface area contributed by atoms with E-state index >= 15 is 0 Å². The Balaban J connectivity index is 1.42. The fraction of sp³-hybridized carbons (Fsp3) is 0.500. The number of aromatic nitrogens is 1. The molecule has 5 nitrogen and oxygen atoms in total. The van der Waals surface area contributed by atoms with E-state index < -0.39 is 11.0 Å². The third kappa shape index (κ3) is 2.08. The van der Waals surface area contributed by atoms with Crippen LogP contribution >= 0.6 is 0 Å². The van der Waals surface area contributed by atoms with Gasteiger partial charge in [-0.2, -0.15) is 0 Å². The van der Waals surface area contributed by atoms with Crippen molar-refractivity contribution in [2.24, 2.45) is 5.92 Å². The van der Waals surface area contributed by atoms with Crippen LogP contribution in [0, 0.1) is 12.8 Å². The number of ether oxygens (including phenoxy) is 2. The number of methoxy groups -OCH3 is 1. The Bertz CT molecular complexity index is 1340. The van der Waals surface area contributed by atoms with E-state index in [1.165, 1.54) is 46.0 Å². The lowest BCUT2D eigenvalue weighted by Gasteiger charge is -2.62. The number of piperidine rings is 1. The Morgan fingerprint density at radius 3 is 2.94 bits per heavy atom. The Morgan fingerprint density at radius 2 is 2.12 bits per heavy atom. The van der Waals surface area contributed by atoms with E-state index in [2.05, 4.69) is 47.1 Å². The highest BCUT2D eigenvalue weighted by molar-refractivity contribution is 5.88. The second-order valence-corrected chi connectivity index (χ2v) is 11.1. The zero-order chi connectivity index (χ0) is 22.1. The van der Waals surface area contributed by atoms with E-state index in [0.717, 1.165) is 49.0 Å². The van der Waals surface area contributed by atoms with Crippen LogP contribution in [0.1, 0.15) is 53.3 Å². The van der Waals surface area contributed by atoms with Crippen molar-refractivity contribution in [3.8, 4) is 11.5 Å². The lowest BCUT2D eigenvalue weighted by atomic mass is 9.49. The van der Waals surface area contributed by atoms with Crippen molar-refractivity contribution in [1.82, 2.24) is 9.88 Å². The number of fused-ring (bicyclic) bond motifs is 4. The highest BCUT2D eigenvalue weighted by Gasteiger charge is 2.72. The van der Waals surface area contributed by atoms with Crippen molar-refractivity contribution in [2.75, 3.05) is 20.2 Å². The topological polar surface area (TPSA) is 57.7 Å². The van der Waals surface area contributed by atoms with Crippen molar-refractivity contribution in [2.45, 2.75) is 62.2 Å². The molecular weight excluding hydrogens is 412 g/mol. The van der Waals surface area contributed by atoms with Gasteiger partial charge >= 0.3 is 0 Å². The summed E-state index contributed by atoms with van der Waals surface area (Å²) in [5, 5.41) is 14.1. The first-order chi connectivity index (χ1) is 16.0. The van der Waals surface area contributed by atoms with Crippen molar-refractivity contribution >= 4 is 10.9 Å². The Labute approximate surface area is 193 Å². The van der Waals surface area contributed by atoms with Gasteiger partial charge in [-0.1, -0.05) is 24.3 Å². The zero-order valence-electron chi connectivity index (χ0n) is 19.3. The first-order valence-electron chi connectivity index (χ1n) is 12.5. The average Bonchev–Trinajstić information content (AvgIpc) is 3.44. The van der Waals surface area contributed by atoms with Crippen LogP contribution in [0.4, 0.5) is 0 Å². The lowest BCUT2D eigenvalue weighted by molar-refractivity contribution is -0.173. The number of hydrogen-bond donors (Lipinski definition) is 2. The number of nitrogens with zero attached hydrogens (tertiary/aromatic N) is 1. The van der Waals surface area contributed by atoms with Crippen LogP contribution < -0.4 is 9.47 Å². The van der Waals surface area contributed by atoms with Crippen LogP contribution in [0.15, 0.2) is 30.3 Å². The number of aromatic amines is 1.